The summed E-state index contributed by atoms with van der Waals surface area (Å²) in [5, 5.41) is 12.4. The van der Waals surface area contributed by atoms with Gasteiger partial charge in [0, 0.05) is 6.54 Å². The van der Waals surface area contributed by atoms with Gasteiger partial charge in [-0.3, -0.25) is 4.79 Å². The van der Waals surface area contributed by atoms with E-state index in [4.69, 9.17) is 0 Å². The minimum Gasteiger partial charge on any atom is -0.481 e. The summed E-state index contributed by atoms with van der Waals surface area (Å²) >= 11 is 0. The van der Waals surface area contributed by atoms with Gasteiger partial charge in [-0.05, 0) is 25.3 Å². The monoisotopic (exact) mass is 185 g/mol. The second kappa shape index (κ2) is 4.09. The predicted octanol–water partition coefficient (Wildman–Crippen LogP) is 1.49. The fraction of sp³-hybridized carbons (Fsp3) is 0.900. The standard InChI is InChI=1S/C10H19NO2/c1-3-4-8(2)10(9(12)13)5-6-11-7-10/h8,11H,3-7H2,1-2H3,(H,12,13). The van der Waals surface area contributed by atoms with Gasteiger partial charge in [0.2, 0.25) is 0 Å². The van der Waals surface area contributed by atoms with Gasteiger partial charge in [-0.2, -0.15) is 0 Å². The van der Waals surface area contributed by atoms with Gasteiger partial charge in [-0.25, -0.2) is 0 Å². The number of carboxylic acid groups (broad SMARTS) is 1. The molecule has 0 saturated carbocycles. The number of carboxylic acids is 1. The molecule has 1 aliphatic heterocycles. The Bertz CT molecular complexity index is 185. The molecule has 1 heterocycles. The van der Waals surface area contributed by atoms with Crippen molar-refractivity contribution in [2.24, 2.45) is 11.3 Å². The van der Waals surface area contributed by atoms with Crippen LogP contribution >= 0.6 is 0 Å². The summed E-state index contributed by atoms with van der Waals surface area (Å²) in [6, 6.07) is 0. The number of carbonyl (C=O) groups is 1. The first-order valence-electron chi connectivity index (χ1n) is 5.07. The second-order valence-electron chi connectivity index (χ2n) is 4.08. The third-order valence-electron chi connectivity index (χ3n) is 3.28. The fourth-order valence-electron chi connectivity index (χ4n) is 2.23. The molecule has 2 N–H and O–H groups in total. The molecule has 13 heavy (non-hydrogen) atoms. The van der Waals surface area contributed by atoms with Crippen LogP contribution in [0, 0.1) is 11.3 Å². The zero-order chi connectivity index (χ0) is 9.90. The van der Waals surface area contributed by atoms with E-state index in [1.165, 1.54) is 0 Å². The van der Waals surface area contributed by atoms with Crippen molar-refractivity contribution in [3.63, 3.8) is 0 Å². The van der Waals surface area contributed by atoms with E-state index < -0.39 is 11.4 Å². The van der Waals surface area contributed by atoms with E-state index in [1.807, 2.05) is 0 Å². The van der Waals surface area contributed by atoms with Gasteiger partial charge in [0.15, 0.2) is 0 Å². The van der Waals surface area contributed by atoms with Crippen molar-refractivity contribution in [1.29, 1.82) is 0 Å². The van der Waals surface area contributed by atoms with Crippen LogP contribution in [0.25, 0.3) is 0 Å². The maximum Gasteiger partial charge on any atom is 0.311 e. The maximum atomic E-state index is 11.2. The Morgan fingerprint density at radius 2 is 2.38 bits per heavy atom. The van der Waals surface area contributed by atoms with Crippen LogP contribution in [0.5, 0.6) is 0 Å². The van der Waals surface area contributed by atoms with E-state index in [0.717, 1.165) is 25.8 Å². The second-order valence-corrected chi connectivity index (χ2v) is 4.08. The summed E-state index contributed by atoms with van der Waals surface area (Å²) in [5.41, 5.74) is -0.490. The van der Waals surface area contributed by atoms with Crippen LogP contribution in [0.1, 0.15) is 33.1 Å². The Morgan fingerprint density at radius 3 is 2.77 bits per heavy atom. The normalized spacial score (nSPS) is 30.3. The van der Waals surface area contributed by atoms with Crippen LogP contribution in [-0.4, -0.2) is 24.2 Å². The molecule has 0 aromatic heterocycles. The van der Waals surface area contributed by atoms with Crippen LogP contribution in [0.3, 0.4) is 0 Å². The lowest BCUT2D eigenvalue weighted by Crippen LogP contribution is -2.39. The minimum absolute atomic E-state index is 0.282. The van der Waals surface area contributed by atoms with E-state index in [2.05, 4.69) is 19.2 Å². The summed E-state index contributed by atoms with van der Waals surface area (Å²) in [4.78, 5) is 11.2. The summed E-state index contributed by atoms with van der Waals surface area (Å²) in [7, 11) is 0. The van der Waals surface area contributed by atoms with Crippen molar-refractivity contribution >= 4 is 5.97 Å². The van der Waals surface area contributed by atoms with Crippen molar-refractivity contribution in [2.45, 2.75) is 33.1 Å². The van der Waals surface area contributed by atoms with E-state index >= 15 is 0 Å². The first-order valence-corrected chi connectivity index (χ1v) is 5.07. The molecular weight excluding hydrogens is 166 g/mol. The molecule has 76 valence electrons. The van der Waals surface area contributed by atoms with Gasteiger partial charge in [-0.15, -0.1) is 0 Å². The van der Waals surface area contributed by atoms with E-state index in [9.17, 15) is 9.90 Å². The number of rotatable bonds is 4. The lowest BCUT2D eigenvalue weighted by molar-refractivity contribution is -0.151. The molecule has 0 aliphatic carbocycles. The quantitative estimate of drug-likeness (QED) is 0.697. The summed E-state index contributed by atoms with van der Waals surface area (Å²) in [6.45, 7) is 5.66. The van der Waals surface area contributed by atoms with Gasteiger partial charge in [0.05, 0.1) is 5.41 Å². The molecule has 3 heteroatoms. The highest BCUT2D eigenvalue weighted by atomic mass is 16.4. The highest BCUT2D eigenvalue weighted by molar-refractivity contribution is 5.75. The first kappa shape index (κ1) is 10.5. The van der Waals surface area contributed by atoms with E-state index in [1.54, 1.807) is 0 Å². The van der Waals surface area contributed by atoms with Gasteiger partial charge in [0.25, 0.3) is 0 Å². The zero-order valence-corrected chi connectivity index (χ0v) is 8.47. The summed E-state index contributed by atoms with van der Waals surface area (Å²) in [6.07, 6.45) is 2.85. The fourth-order valence-corrected chi connectivity index (χ4v) is 2.23. The van der Waals surface area contributed by atoms with E-state index in [-0.39, 0.29) is 5.92 Å². The highest BCUT2D eigenvalue weighted by Gasteiger charge is 2.45. The van der Waals surface area contributed by atoms with Gasteiger partial charge in [0.1, 0.15) is 0 Å². The Hall–Kier alpha value is -0.570. The van der Waals surface area contributed by atoms with Gasteiger partial charge >= 0.3 is 5.97 Å². The Morgan fingerprint density at radius 1 is 1.69 bits per heavy atom. The molecule has 0 aromatic rings. The molecule has 1 aliphatic rings. The molecule has 2 atom stereocenters. The molecule has 2 unspecified atom stereocenters. The summed E-state index contributed by atoms with van der Waals surface area (Å²) in [5.74, 6) is -0.344. The predicted molar refractivity (Wildman–Crippen MR) is 51.6 cm³/mol. The highest BCUT2D eigenvalue weighted by Crippen LogP contribution is 2.36. The number of aliphatic carboxylic acids is 1. The van der Waals surface area contributed by atoms with Crippen LogP contribution in [0.15, 0.2) is 0 Å². The molecule has 0 amide bonds. The van der Waals surface area contributed by atoms with Gasteiger partial charge in [-0.1, -0.05) is 20.3 Å². The van der Waals surface area contributed by atoms with Crippen LogP contribution in [0.4, 0.5) is 0 Å². The minimum atomic E-state index is -0.626. The smallest absolute Gasteiger partial charge is 0.311 e. The first-order chi connectivity index (χ1) is 6.13. The molecule has 0 radical (unpaired) electrons. The van der Waals surface area contributed by atoms with Crippen molar-refractivity contribution in [1.82, 2.24) is 5.32 Å². The van der Waals surface area contributed by atoms with Crippen LogP contribution in [-0.2, 0) is 4.79 Å². The van der Waals surface area contributed by atoms with Crippen molar-refractivity contribution in [3.8, 4) is 0 Å². The SMILES string of the molecule is CCCC(C)C1(C(=O)O)CCNC1. The molecule has 1 rings (SSSR count). The molecule has 1 saturated heterocycles. The lowest BCUT2D eigenvalue weighted by Gasteiger charge is -2.30. The largest absolute Gasteiger partial charge is 0.481 e. The van der Waals surface area contributed by atoms with Gasteiger partial charge < -0.3 is 10.4 Å². The van der Waals surface area contributed by atoms with E-state index in [0.29, 0.717) is 6.54 Å². The third-order valence-corrected chi connectivity index (χ3v) is 3.28. The number of nitrogens with one attached hydrogen (secondary N) is 1. The zero-order valence-electron chi connectivity index (χ0n) is 8.47. The molecule has 0 bridgehead atoms. The Kier molecular flexibility index (Phi) is 3.31. The van der Waals surface area contributed by atoms with Crippen LogP contribution < -0.4 is 5.32 Å². The molecule has 3 nitrogen and oxygen atoms in total. The number of hydrogen-bond acceptors (Lipinski definition) is 2. The third kappa shape index (κ3) is 1.85. The molecule has 0 aromatic carbocycles. The molecule has 0 spiro atoms. The summed E-state index contributed by atoms with van der Waals surface area (Å²) < 4.78 is 0. The van der Waals surface area contributed by atoms with Crippen molar-refractivity contribution in [3.05, 3.63) is 0 Å². The van der Waals surface area contributed by atoms with Crippen molar-refractivity contribution < 1.29 is 9.90 Å². The van der Waals surface area contributed by atoms with Crippen molar-refractivity contribution in [2.75, 3.05) is 13.1 Å². The number of hydrogen-bond donors (Lipinski definition) is 2. The Labute approximate surface area is 79.5 Å². The average Bonchev–Trinajstić information content (AvgIpc) is 2.53. The molecule has 1 fully saturated rings. The molecular formula is C10H19NO2. The topological polar surface area (TPSA) is 49.3 Å². The average molecular weight is 185 g/mol. The van der Waals surface area contributed by atoms with Crippen LogP contribution in [0.2, 0.25) is 0 Å². The lowest BCUT2D eigenvalue weighted by atomic mass is 9.73. The maximum absolute atomic E-state index is 11.2. The Balaban J connectivity index is 2.71.